The minimum atomic E-state index is -5.08. The van der Waals surface area contributed by atoms with Gasteiger partial charge in [-0.2, -0.15) is 13.2 Å². The van der Waals surface area contributed by atoms with Crippen molar-refractivity contribution in [3.05, 3.63) is 29.7 Å². The van der Waals surface area contributed by atoms with Crippen LogP contribution < -0.4 is 0 Å². The Morgan fingerprint density at radius 1 is 1.03 bits per heavy atom. The average molecular weight is 499 g/mol. The molecule has 2 aliphatic rings. The van der Waals surface area contributed by atoms with E-state index in [0.717, 1.165) is 50.5 Å². The zero-order chi connectivity index (χ0) is 25.9. The summed E-state index contributed by atoms with van der Waals surface area (Å²) in [5.74, 6) is -1.83. The molecule has 10 nitrogen and oxygen atoms in total. The second kappa shape index (κ2) is 10.6. The van der Waals surface area contributed by atoms with Crippen molar-refractivity contribution in [3.63, 3.8) is 0 Å². The summed E-state index contributed by atoms with van der Waals surface area (Å²) in [6.07, 6.45) is -1.09. The van der Waals surface area contributed by atoms with Crippen molar-refractivity contribution in [2.24, 2.45) is 0 Å². The van der Waals surface area contributed by atoms with E-state index in [2.05, 4.69) is 28.9 Å². The molecule has 192 valence electrons. The summed E-state index contributed by atoms with van der Waals surface area (Å²) in [5, 5.41) is 15.9. The van der Waals surface area contributed by atoms with Crippen LogP contribution in [0.15, 0.2) is 18.3 Å². The second-order valence-corrected chi connectivity index (χ2v) is 8.82. The van der Waals surface area contributed by atoms with Gasteiger partial charge < -0.3 is 14.9 Å². The molecule has 13 heteroatoms. The molecular formula is C22H29F3N6O4. The molecule has 2 saturated heterocycles. The number of carboxylic acid groups (broad SMARTS) is 1. The predicted octanol–water partition coefficient (Wildman–Crippen LogP) is 2.21. The van der Waals surface area contributed by atoms with E-state index in [1.807, 2.05) is 32.5 Å². The molecular weight excluding hydrogens is 469 g/mol. The van der Waals surface area contributed by atoms with Crippen LogP contribution in [0.3, 0.4) is 0 Å². The first-order valence-electron chi connectivity index (χ1n) is 11.4. The van der Waals surface area contributed by atoms with Gasteiger partial charge in [0.25, 0.3) is 5.91 Å². The molecule has 0 bridgehead atoms. The van der Waals surface area contributed by atoms with Gasteiger partial charge in [-0.3, -0.25) is 18.9 Å². The van der Waals surface area contributed by atoms with Crippen molar-refractivity contribution in [1.29, 1.82) is 0 Å². The van der Waals surface area contributed by atoms with E-state index in [1.54, 1.807) is 6.92 Å². The number of halogens is 3. The second-order valence-electron chi connectivity index (χ2n) is 8.82. The number of aromatic nitrogens is 3. The summed E-state index contributed by atoms with van der Waals surface area (Å²) in [4.78, 5) is 39.8. The summed E-state index contributed by atoms with van der Waals surface area (Å²) < 4.78 is 33.7. The van der Waals surface area contributed by atoms with Crippen LogP contribution in [0.5, 0.6) is 0 Å². The van der Waals surface area contributed by atoms with Crippen LogP contribution in [0.2, 0.25) is 0 Å². The van der Waals surface area contributed by atoms with Gasteiger partial charge in [0.15, 0.2) is 11.5 Å². The number of rotatable bonds is 3. The number of likely N-dealkylation sites (tertiary alicyclic amines) is 1. The van der Waals surface area contributed by atoms with Crippen LogP contribution >= 0.6 is 0 Å². The molecule has 0 aliphatic carbocycles. The molecule has 2 aliphatic heterocycles. The fourth-order valence-corrected chi connectivity index (χ4v) is 4.30. The minimum Gasteiger partial charge on any atom is -0.475 e. The molecule has 0 saturated carbocycles. The van der Waals surface area contributed by atoms with Gasteiger partial charge in [-0.1, -0.05) is 0 Å². The highest BCUT2D eigenvalue weighted by atomic mass is 19.4. The molecule has 0 aromatic carbocycles. The Morgan fingerprint density at radius 3 is 2.20 bits per heavy atom. The van der Waals surface area contributed by atoms with Crippen LogP contribution in [-0.2, 0) is 9.59 Å². The fraction of sp³-hybridized carbons (Fsp3) is 0.591. The first kappa shape index (κ1) is 26.4. The van der Waals surface area contributed by atoms with E-state index in [4.69, 9.17) is 9.90 Å². The van der Waals surface area contributed by atoms with Crippen LogP contribution in [-0.4, -0.2) is 97.1 Å². The lowest BCUT2D eigenvalue weighted by Gasteiger charge is -2.42. The summed E-state index contributed by atoms with van der Waals surface area (Å²) in [6, 6.07) is 3.95. The van der Waals surface area contributed by atoms with Gasteiger partial charge in [-0.05, 0) is 38.8 Å². The van der Waals surface area contributed by atoms with E-state index in [9.17, 15) is 22.8 Å². The Hall–Kier alpha value is -3.22. The number of piperazine rings is 1. The molecule has 1 N–H and O–H groups in total. The van der Waals surface area contributed by atoms with Crippen LogP contribution in [0, 0.1) is 0 Å². The summed E-state index contributed by atoms with van der Waals surface area (Å²) >= 11 is 0. The predicted molar refractivity (Wildman–Crippen MR) is 119 cm³/mol. The van der Waals surface area contributed by atoms with Gasteiger partial charge >= 0.3 is 12.1 Å². The van der Waals surface area contributed by atoms with Gasteiger partial charge in [0.2, 0.25) is 5.91 Å². The maximum absolute atomic E-state index is 12.8. The number of hydrogen-bond acceptors (Lipinski definition) is 6. The maximum atomic E-state index is 12.8. The molecule has 4 rings (SSSR count). The Morgan fingerprint density at radius 2 is 1.66 bits per heavy atom. The molecule has 35 heavy (non-hydrogen) atoms. The van der Waals surface area contributed by atoms with Crippen molar-refractivity contribution < 1.29 is 32.7 Å². The lowest BCUT2D eigenvalue weighted by Crippen LogP contribution is -2.52. The van der Waals surface area contributed by atoms with E-state index >= 15 is 0 Å². The zero-order valence-corrected chi connectivity index (χ0v) is 19.8. The van der Waals surface area contributed by atoms with Crippen molar-refractivity contribution in [2.45, 2.75) is 51.9 Å². The molecule has 4 heterocycles. The molecule has 2 aromatic heterocycles. The molecule has 0 radical (unpaired) electrons. The highest BCUT2D eigenvalue weighted by Gasteiger charge is 2.38. The lowest BCUT2D eigenvalue weighted by molar-refractivity contribution is -0.192. The number of amides is 2. The summed E-state index contributed by atoms with van der Waals surface area (Å²) in [6.45, 7) is 9.66. The number of nitrogens with zero attached hydrogens (tertiary/aromatic N) is 6. The number of carbonyl (C=O) groups excluding carboxylic acids is 2. The minimum absolute atomic E-state index is 0.0511. The molecule has 2 fully saturated rings. The molecule has 0 spiro atoms. The average Bonchev–Trinajstić information content (AvgIpc) is 3.47. The number of hydrogen-bond donors (Lipinski definition) is 1. The highest BCUT2D eigenvalue weighted by Crippen LogP contribution is 2.27. The number of carbonyl (C=O) groups is 3. The van der Waals surface area contributed by atoms with Crippen molar-refractivity contribution >= 4 is 23.4 Å². The molecule has 2 amide bonds. The van der Waals surface area contributed by atoms with Crippen molar-refractivity contribution in [2.75, 3.05) is 32.7 Å². The normalized spacial score (nSPS) is 19.1. The first-order valence-corrected chi connectivity index (χ1v) is 11.4. The molecule has 1 unspecified atom stereocenters. The quantitative estimate of drug-likeness (QED) is 0.691. The Labute approximate surface area is 200 Å². The Balaban J connectivity index is 0.000000429. The van der Waals surface area contributed by atoms with Gasteiger partial charge in [0.1, 0.15) is 0 Å². The van der Waals surface area contributed by atoms with E-state index < -0.39 is 12.1 Å². The molecule has 2 aromatic rings. The summed E-state index contributed by atoms with van der Waals surface area (Å²) in [7, 11) is 0. The third kappa shape index (κ3) is 6.08. The van der Waals surface area contributed by atoms with Crippen molar-refractivity contribution in [3.8, 4) is 0 Å². The fourth-order valence-electron chi connectivity index (χ4n) is 4.30. The number of fused-ring (bicyclic) bond motifs is 1. The zero-order valence-electron chi connectivity index (χ0n) is 19.8. The highest BCUT2D eigenvalue weighted by molar-refractivity contribution is 5.94. The van der Waals surface area contributed by atoms with Crippen LogP contribution in [0.1, 0.15) is 55.8 Å². The SMILES string of the molecule is CC(=O)N1CCN(C(C)C)C(c2nnc3ccc(C(=O)N4CCCC4)cn23)C1.O=C(O)C(F)(F)F. The number of pyridine rings is 1. The standard InChI is InChI=1S/C20H28N6O2.C2HF3O2/c1-14(2)25-11-10-24(15(3)27)13-17(25)19-22-21-18-7-6-16(12-26(18)19)20(28)23-8-4-5-9-23;3-2(4,5)1(6)7/h6-7,12,14,17H,4-5,8-11,13H2,1-3H3;(H,6,7). The first-order chi connectivity index (χ1) is 16.4. The van der Waals surface area contributed by atoms with E-state index in [1.165, 1.54) is 0 Å². The summed E-state index contributed by atoms with van der Waals surface area (Å²) in [5.41, 5.74) is 1.38. The Kier molecular flexibility index (Phi) is 7.98. The number of alkyl halides is 3. The number of carboxylic acids is 1. The van der Waals surface area contributed by atoms with Crippen molar-refractivity contribution in [1.82, 2.24) is 29.3 Å². The van der Waals surface area contributed by atoms with E-state index in [0.29, 0.717) is 18.2 Å². The molecule has 1 atom stereocenters. The Bertz CT molecular complexity index is 1080. The third-order valence-electron chi connectivity index (χ3n) is 6.14. The number of aliphatic carboxylic acids is 1. The smallest absolute Gasteiger partial charge is 0.475 e. The van der Waals surface area contributed by atoms with Gasteiger partial charge in [-0.15, -0.1) is 10.2 Å². The van der Waals surface area contributed by atoms with Gasteiger partial charge in [-0.25, -0.2) is 4.79 Å². The van der Waals surface area contributed by atoms with Gasteiger partial charge in [0, 0.05) is 51.9 Å². The third-order valence-corrected chi connectivity index (χ3v) is 6.14. The monoisotopic (exact) mass is 498 g/mol. The van der Waals surface area contributed by atoms with Gasteiger partial charge in [0.05, 0.1) is 11.6 Å². The van der Waals surface area contributed by atoms with E-state index in [-0.39, 0.29) is 17.9 Å². The maximum Gasteiger partial charge on any atom is 0.490 e. The van der Waals surface area contributed by atoms with Crippen LogP contribution in [0.4, 0.5) is 13.2 Å². The largest absolute Gasteiger partial charge is 0.490 e. The topological polar surface area (TPSA) is 111 Å². The lowest BCUT2D eigenvalue weighted by atomic mass is 10.1. The van der Waals surface area contributed by atoms with Crippen LogP contribution in [0.25, 0.3) is 5.65 Å².